The molecule has 0 aliphatic carbocycles. The fourth-order valence-corrected chi connectivity index (χ4v) is 3.40. The lowest BCUT2D eigenvalue weighted by Crippen LogP contribution is -2.06. The van der Waals surface area contributed by atoms with E-state index in [1.807, 2.05) is 42.6 Å². The van der Waals surface area contributed by atoms with Crippen molar-refractivity contribution in [3.63, 3.8) is 0 Å². The number of aryl methyl sites for hydroxylation is 2. The number of rotatable bonds is 7. The van der Waals surface area contributed by atoms with Gasteiger partial charge in [-0.1, -0.05) is 18.2 Å². The van der Waals surface area contributed by atoms with Crippen molar-refractivity contribution in [3.05, 3.63) is 87.7 Å². The highest BCUT2D eigenvalue weighted by Gasteiger charge is 2.14. The Morgan fingerprint density at radius 2 is 1.77 bits per heavy atom. The zero-order valence-electron chi connectivity index (χ0n) is 16.6. The van der Waals surface area contributed by atoms with Crippen molar-refractivity contribution in [2.24, 2.45) is 0 Å². The summed E-state index contributed by atoms with van der Waals surface area (Å²) in [5.74, 6) is 1.37. The molecule has 0 radical (unpaired) electrons. The van der Waals surface area contributed by atoms with Gasteiger partial charge in [-0.15, -0.1) is 11.3 Å². The van der Waals surface area contributed by atoms with Crippen molar-refractivity contribution in [2.75, 3.05) is 0 Å². The maximum Gasteiger partial charge on any atom is 0.338 e. The van der Waals surface area contributed by atoms with E-state index in [0.717, 1.165) is 16.3 Å². The van der Waals surface area contributed by atoms with Gasteiger partial charge in [0.2, 0.25) is 5.89 Å². The molecule has 4 aromatic rings. The highest BCUT2D eigenvalue weighted by molar-refractivity contribution is 7.09. The lowest BCUT2D eigenvalue weighted by molar-refractivity contribution is 0.0467. The molecule has 2 aromatic carbocycles. The Morgan fingerprint density at radius 1 is 1.00 bits per heavy atom. The summed E-state index contributed by atoms with van der Waals surface area (Å²) >= 11 is 1.59. The number of esters is 1. The van der Waals surface area contributed by atoms with Crippen molar-refractivity contribution in [1.82, 2.24) is 9.97 Å². The van der Waals surface area contributed by atoms with Crippen LogP contribution in [0, 0.1) is 13.8 Å². The lowest BCUT2D eigenvalue weighted by Gasteiger charge is -2.06. The molecule has 0 atom stereocenters. The first kappa shape index (κ1) is 19.8. The summed E-state index contributed by atoms with van der Waals surface area (Å²) in [6, 6.07) is 16.4. The predicted octanol–water partition coefficient (Wildman–Crippen LogP) is 5.35. The van der Waals surface area contributed by atoms with Crippen LogP contribution in [0.4, 0.5) is 0 Å². The first-order valence-electron chi connectivity index (χ1n) is 9.41. The van der Waals surface area contributed by atoms with Gasteiger partial charge in [-0.25, -0.2) is 14.8 Å². The van der Waals surface area contributed by atoms with Crippen LogP contribution in [0.2, 0.25) is 0 Å². The predicted molar refractivity (Wildman–Crippen MR) is 113 cm³/mol. The van der Waals surface area contributed by atoms with Crippen molar-refractivity contribution in [1.29, 1.82) is 0 Å². The molecule has 2 aromatic heterocycles. The third-order valence-corrected chi connectivity index (χ3v) is 5.22. The van der Waals surface area contributed by atoms with Crippen molar-refractivity contribution in [2.45, 2.75) is 27.1 Å². The molecule has 152 valence electrons. The molecule has 0 saturated heterocycles. The number of nitrogens with zero attached hydrogens (tertiary/aromatic N) is 2. The van der Waals surface area contributed by atoms with E-state index in [-0.39, 0.29) is 6.61 Å². The Morgan fingerprint density at radius 3 is 2.47 bits per heavy atom. The third kappa shape index (κ3) is 4.75. The molecular formula is C23H20N2O4S. The average molecular weight is 420 g/mol. The number of oxazole rings is 1. The van der Waals surface area contributed by atoms with Gasteiger partial charge in [-0.05, 0) is 50.2 Å². The van der Waals surface area contributed by atoms with Crippen LogP contribution in [-0.4, -0.2) is 15.9 Å². The summed E-state index contributed by atoms with van der Waals surface area (Å²) in [6.45, 7) is 4.20. The van der Waals surface area contributed by atoms with Crippen LogP contribution in [0.5, 0.6) is 5.75 Å². The molecule has 0 amide bonds. The molecule has 7 heteroatoms. The number of thiazole rings is 1. The summed E-state index contributed by atoms with van der Waals surface area (Å²) < 4.78 is 16.8. The number of ether oxygens (including phenoxy) is 2. The van der Waals surface area contributed by atoms with Gasteiger partial charge >= 0.3 is 5.97 Å². The Hall–Kier alpha value is -3.45. The topological polar surface area (TPSA) is 74.5 Å². The van der Waals surface area contributed by atoms with Gasteiger partial charge in [0.1, 0.15) is 30.4 Å². The molecule has 0 spiro atoms. The van der Waals surface area contributed by atoms with Gasteiger partial charge < -0.3 is 13.9 Å². The van der Waals surface area contributed by atoms with Gasteiger partial charge in [0, 0.05) is 10.9 Å². The van der Waals surface area contributed by atoms with Crippen LogP contribution < -0.4 is 4.74 Å². The Labute approximate surface area is 178 Å². The van der Waals surface area contributed by atoms with Gasteiger partial charge in [-0.2, -0.15) is 0 Å². The van der Waals surface area contributed by atoms with E-state index < -0.39 is 5.97 Å². The maximum absolute atomic E-state index is 12.4. The van der Waals surface area contributed by atoms with E-state index in [0.29, 0.717) is 35.3 Å². The maximum atomic E-state index is 12.4. The number of benzene rings is 2. The quantitative estimate of drug-likeness (QED) is 0.375. The zero-order valence-corrected chi connectivity index (χ0v) is 17.4. The van der Waals surface area contributed by atoms with Gasteiger partial charge in [0.05, 0.1) is 16.3 Å². The zero-order chi connectivity index (χ0) is 20.9. The molecule has 0 aliphatic heterocycles. The molecule has 6 nitrogen and oxygen atoms in total. The molecular weight excluding hydrogens is 400 g/mol. The summed E-state index contributed by atoms with van der Waals surface area (Å²) in [5.41, 5.74) is 2.80. The SMILES string of the molecule is Cc1nc(COc2ccc(C(=O)OCc3nc(-c4ccccc4)oc3C)cc2)cs1. The van der Waals surface area contributed by atoms with Gasteiger partial charge in [-0.3, -0.25) is 0 Å². The average Bonchev–Trinajstić information content (AvgIpc) is 3.36. The summed E-state index contributed by atoms with van der Waals surface area (Å²) in [6.07, 6.45) is 0. The minimum Gasteiger partial charge on any atom is -0.487 e. The van der Waals surface area contributed by atoms with Crippen molar-refractivity contribution >= 4 is 17.3 Å². The summed E-state index contributed by atoms with van der Waals surface area (Å²) in [5, 5.41) is 2.97. The van der Waals surface area contributed by atoms with Crippen LogP contribution >= 0.6 is 11.3 Å². The van der Waals surface area contributed by atoms with Gasteiger partial charge in [0.25, 0.3) is 0 Å². The summed E-state index contributed by atoms with van der Waals surface area (Å²) in [7, 11) is 0. The molecule has 0 aliphatic rings. The molecule has 0 saturated carbocycles. The fourth-order valence-electron chi connectivity index (χ4n) is 2.80. The molecule has 0 bridgehead atoms. The van der Waals surface area contributed by atoms with E-state index in [1.165, 1.54) is 0 Å². The highest BCUT2D eigenvalue weighted by Crippen LogP contribution is 2.22. The van der Waals surface area contributed by atoms with E-state index in [1.54, 1.807) is 42.5 Å². The third-order valence-electron chi connectivity index (χ3n) is 4.40. The van der Waals surface area contributed by atoms with E-state index >= 15 is 0 Å². The fraction of sp³-hybridized carbons (Fsp3) is 0.174. The van der Waals surface area contributed by atoms with Crippen LogP contribution in [-0.2, 0) is 18.0 Å². The largest absolute Gasteiger partial charge is 0.487 e. The van der Waals surface area contributed by atoms with Crippen LogP contribution in [0.3, 0.4) is 0 Å². The first-order valence-corrected chi connectivity index (χ1v) is 10.3. The Bertz CT molecular complexity index is 1130. The smallest absolute Gasteiger partial charge is 0.338 e. The van der Waals surface area contributed by atoms with Crippen LogP contribution in [0.15, 0.2) is 64.4 Å². The Balaban J connectivity index is 1.33. The number of hydrogen-bond donors (Lipinski definition) is 0. The molecule has 2 heterocycles. The molecule has 4 rings (SSSR count). The second-order valence-electron chi connectivity index (χ2n) is 6.63. The Kier molecular flexibility index (Phi) is 5.90. The number of hydrogen-bond acceptors (Lipinski definition) is 7. The standard InChI is InChI=1S/C23H20N2O4S/c1-15-21(25-22(29-15)17-6-4-3-5-7-17)13-28-23(26)18-8-10-20(11-9-18)27-12-19-14-30-16(2)24-19/h3-11,14H,12-13H2,1-2H3. The molecule has 0 N–H and O–H groups in total. The van der Waals surface area contributed by atoms with Gasteiger partial charge in [0.15, 0.2) is 0 Å². The van der Waals surface area contributed by atoms with E-state index in [9.17, 15) is 4.79 Å². The van der Waals surface area contributed by atoms with E-state index in [2.05, 4.69) is 9.97 Å². The minimum absolute atomic E-state index is 0.0441. The van der Waals surface area contributed by atoms with E-state index in [4.69, 9.17) is 13.9 Å². The van der Waals surface area contributed by atoms with Crippen LogP contribution in [0.25, 0.3) is 11.5 Å². The highest BCUT2D eigenvalue weighted by atomic mass is 32.1. The van der Waals surface area contributed by atoms with Crippen LogP contribution in [0.1, 0.15) is 32.5 Å². The normalized spacial score (nSPS) is 10.7. The first-order chi connectivity index (χ1) is 14.6. The molecule has 30 heavy (non-hydrogen) atoms. The lowest BCUT2D eigenvalue weighted by atomic mass is 10.2. The molecule has 0 fully saturated rings. The van der Waals surface area contributed by atoms with Crippen molar-refractivity contribution < 1.29 is 18.7 Å². The number of carbonyl (C=O) groups is 1. The number of carbonyl (C=O) groups excluding carboxylic acids is 1. The molecule has 0 unspecified atom stereocenters. The monoisotopic (exact) mass is 420 g/mol. The second-order valence-corrected chi connectivity index (χ2v) is 7.70. The number of aromatic nitrogens is 2. The minimum atomic E-state index is -0.430. The second kappa shape index (κ2) is 8.92. The van der Waals surface area contributed by atoms with Crippen molar-refractivity contribution in [3.8, 4) is 17.2 Å². The summed E-state index contributed by atoms with van der Waals surface area (Å²) in [4.78, 5) is 21.2.